The molecule has 126 valence electrons. The SMILES string of the molecule is Oc1c(F)c(F)c(F)c2c1c(F)c(F)c1c(F)c(F)c(F)c(F)c12. The molecule has 1 N–H and O–H groups in total. The lowest BCUT2D eigenvalue weighted by Gasteiger charge is -2.13. The number of hydrogen-bond donors (Lipinski definition) is 1. The van der Waals surface area contributed by atoms with Crippen molar-refractivity contribution < 1.29 is 44.6 Å². The molecule has 0 bridgehead atoms. The van der Waals surface area contributed by atoms with Gasteiger partial charge in [0.1, 0.15) is 0 Å². The summed E-state index contributed by atoms with van der Waals surface area (Å²) >= 11 is 0. The van der Waals surface area contributed by atoms with E-state index in [9.17, 15) is 44.6 Å². The second-order valence-corrected chi connectivity index (χ2v) is 4.67. The standard InChI is InChI=1S/C14HF9O/c15-5-1-2-4(14(24)13(23)12(22)6(2)16)9(19)7(17)3(1)8(18)11(21)10(5)20/h24H. The molecule has 0 atom stereocenters. The normalized spacial score (nSPS) is 11.7. The molecule has 0 heterocycles. The summed E-state index contributed by atoms with van der Waals surface area (Å²) in [5, 5.41) is 2.37. The highest BCUT2D eigenvalue weighted by Crippen LogP contribution is 2.42. The highest BCUT2D eigenvalue weighted by molar-refractivity contribution is 6.11. The second-order valence-electron chi connectivity index (χ2n) is 4.67. The summed E-state index contributed by atoms with van der Waals surface area (Å²) in [6.45, 7) is 0. The van der Waals surface area contributed by atoms with Crippen LogP contribution in [0.5, 0.6) is 5.75 Å². The van der Waals surface area contributed by atoms with Gasteiger partial charge >= 0.3 is 0 Å². The maximum atomic E-state index is 13.9. The smallest absolute Gasteiger partial charge is 0.204 e. The van der Waals surface area contributed by atoms with Gasteiger partial charge in [0.25, 0.3) is 0 Å². The molecule has 0 aromatic heterocycles. The topological polar surface area (TPSA) is 20.2 Å². The van der Waals surface area contributed by atoms with Crippen LogP contribution >= 0.6 is 0 Å². The molecular weight excluding hydrogens is 355 g/mol. The molecule has 3 rings (SSSR count). The monoisotopic (exact) mass is 356 g/mol. The predicted molar refractivity (Wildman–Crippen MR) is 62.7 cm³/mol. The van der Waals surface area contributed by atoms with Crippen LogP contribution in [0.25, 0.3) is 21.5 Å². The first-order chi connectivity index (χ1) is 11.1. The Morgan fingerprint density at radius 3 is 1.12 bits per heavy atom. The summed E-state index contributed by atoms with van der Waals surface area (Å²) in [7, 11) is 0. The predicted octanol–water partition coefficient (Wildman–Crippen LogP) is 4.95. The lowest BCUT2D eigenvalue weighted by atomic mass is 9.97. The van der Waals surface area contributed by atoms with Crippen LogP contribution in [0.4, 0.5) is 39.5 Å². The third kappa shape index (κ3) is 1.73. The molecule has 0 aliphatic carbocycles. The molecule has 24 heavy (non-hydrogen) atoms. The van der Waals surface area contributed by atoms with Gasteiger partial charge in [-0.3, -0.25) is 0 Å². The Hall–Kier alpha value is -2.65. The fourth-order valence-corrected chi connectivity index (χ4v) is 2.39. The number of benzene rings is 3. The maximum Gasteiger partial charge on any atom is 0.204 e. The van der Waals surface area contributed by atoms with E-state index in [4.69, 9.17) is 0 Å². The number of halogens is 9. The zero-order chi connectivity index (χ0) is 18.1. The van der Waals surface area contributed by atoms with Crippen molar-refractivity contribution in [2.24, 2.45) is 0 Å². The summed E-state index contributed by atoms with van der Waals surface area (Å²) in [5.41, 5.74) is 0. The van der Waals surface area contributed by atoms with Gasteiger partial charge in [0, 0.05) is 10.8 Å². The molecule has 3 aromatic carbocycles. The lowest BCUT2D eigenvalue weighted by molar-refractivity contribution is 0.391. The van der Waals surface area contributed by atoms with Crippen molar-refractivity contribution in [2.45, 2.75) is 0 Å². The number of aromatic hydroxyl groups is 1. The molecule has 0 aliphatic rings. The Morgan fingerprint density at radius 1 is 0.333 bits per heavy atom. The minimum absolute atomic E-state index is 1.68. The van der Waals surface area contributed by atoms with Gasteiger partial charge in [-0.05, 0) is 0 Å². The molecule has 0 radical (unpaired) electrons. The van der Waals surface area contributed by atoms with Crippen LogP contribution in [-0.4, -0.2) is 5.11 Å². The molecule has 0 saturated carbocycles. The van der Waals surface area contributed by atoms with Crippen molar-refractivity contribution in [3.63, 3.8) is 0 Å². The van der Waals surface area contributed by atoms with Crippen molar-refractivity contribution >= 4 is 21.5 Å². The van der Waals surface area contributed by atoms with Gasteiger partial charge in [0.15, 0.2) is 52.3 Å². The Kier molecular flexibility index (Phi) is 3.32. The Bertz CT molecular complexity index is 974. The van der Waals surface area contributed by atoms with Gasteiger partial charge in [-0.2, -0.15) is 4.39 Å². The van der Waals surface area contributed by atoms with Crippen molar-refractivity contribution in [3.8, 4) is 5.75 Å². The average Bonchev–Trinajstić information content (AvgIpc) is 2.56. The van der Waals surface area contributed by atoms with E-state index >= 15 is 0 Å². The Morgan fingerprint density at radius 2 is 0.625 bits per heavy atom. The quantitative estimate of drug-likeness (QED) is 0.262. The van der Waals surface area contributed by atoms with Gasteiger partial charge < -0.3 is 5.11 Å². The van der Waals surface area contributed by atoms with Crippen LogP contribution in [0, 0.1) is 52.4 Å². The highest BCUT2D eigenvalue weighted by atomic mass is 19.2. The number of phenolic OH excluding ortho intramolecular Hbond substituents is 1. The average molecular weight is 356 g/mol. The van der Waals surface area contributed by atoms with E-state index in [1.54, 1.807) is 0 Å². The van der Waals surface area contributed by atoms with Crippen LogP contribution in [0.15, 0.2) is 0 Å². The van der Waals surface area contributed by atoms with Crippen LogP contribution in [0.3, 0.4) is 0 Å². The highest BCUT2D eigenvalue weighted by Gasteiger charge is 2.32. The number of fused-ring (bicyclic) bond motifs is 3. The van der Waals surface area contributed by atoms with Gasteiger partial charge in [0.05, 0.1) is 10.8 Å². The van der Waals surface area contributed by atoms with E-state index in [1.807, 2.05) is 0 Å². The summed E-state index contributed by atoms with van der Waals surface area (Å²) in [5.74, 6) is -23.6. The Balaban J connectivity index is 2.87. The van der Waals surface area contributed by atoms with Crippen LogP contribution in [0.2, 0.25) is 0 Å². The summed E-state index contributed by atoms with van der Waals surface area (Å²) in [6.07, 6.45) is 0. The lowest BCUT2D eigenvalue weighted by Crippen LogP contribution is -2.05. The molecule has 0 aliphatic heterocycles. The zero-order valence-electron chi connectivity index (χ0n) is 10.8. The zero-order valence-corrected chi connectivity index (χ0v) is 10.8. The molecule has 0 spiro atoms. The van der Waals surface area contributed by atoms with Gasteiger partial charge in [0.2, 0.25) is 5.82 Å². The van der Waals surface area contributed by atoms with E-state index < -0.39 is 79.6 Å². The summed E-state index contributed by atoms with van der Waals surface area (Å²) in [6, 6.07) is 0. The molecule has 0 amide bonds. The van der Waals surface area contributed by atoms with Gasteiger partial charge in [-0.25, -0.2) is 35.1 Å². The first kappa shape index (κ1) is 16.2. The van der Waals surface area contributed by atoms with Crippen LogP contribution in [0.1, 0.15) is 0 Å². The van der Waals surface area contributed by atoms with E-state index in [0.29, 0.717) is 0 Å². The Labute approximate surface area is 125 Å². The first-order valence-electron chi connectivity index (χ1n) is 5.92. The maximum absolute atomic E-state index is 13.9. The molecule has 0 unspecified atom stereocenters. The van der Waals surface area contributed by atoms with Crippen molar-refractivity contribution in [1.29, 1.82) is 0 Å². The molecule has 10 heteroatoms. The van der Waals surface area contributed by atoms with Gasteiger partial charge in [-0.1, -0.05) is 0 Å². The fourth-order valence-electron chi connectivity index (χ4n) is 2.39. The fraction of sp³-hybridized carbons (Fsp3) is 0. The van der Waals surface area contributed by atoms with E-state index in [-0.39, 0.29) is 0 Å². The summed E-state index contributed by atoms with van der Waals surface area (Å²) in [4.78, 5) is 0. The molecule has 0 saturated heterocycles. The van der Waals surface area contributed by atoms with Crippen LogP contribution < -0.4 is 0 Å². The first-order valence-corrected chi connectivity index (χ1v) is 5.92. The second kappa shape index (κ2) is 4.92. The molecular formula is C14HF9O. The number of hydrogen-bond acceptors (Lipinski definition) is 1. The largest absolute Gasteiger partial charge is 0.504 e. The number of phenols is 1. The van der Waals surface area contributed by atoms with Crippen molar-refractivity contribution in [3.05, 3.63) is 52.4 Å². The third-order valence-electron chi connectivity index (χ3n) is 3.45. The summed E-state index contributed by atoms with van der Waals surface area (Å²) < 4.78 is 123. The third-order valence-corrected chi connectivity index (χ3v) is 3.45. The number of rotatable bonds is 0. The minimum atomic E-state index is -2.52. The van der Waals surface area contributed by atoms with Crippen molar-refractivity contribution in [1.82, 2.24) is 0 Å². The van der Waals surface area contributed by atoms with E-state index in [2.05, 4.69) is 0 Å². The van der Waals surface area contributed by atoms with E-state index in [1.165, 1.54) is 0 Å². The molecule has 1 nitrogen and oxygen atoms in total. The van der Waals surface area contributed by atoms with Gasteiger partial charge in [-0.15, -0.1) is 0 Å². The minimum Gasteiger partial charge on any atom is -0.504 e. The van der Waals surface area contributed by atoms with E-state index in [0.717, 1.165) is 0 Å². The molecule has 0 fully saturated rings. The van der Waals surface area contributed by atoms with Crippen LogP contribution in [-0.2, 0) is 0 Å². The molecule has 3 aromatic rings. The van der Waals surface area contributed by atoms with Crippen molar-refractivity contribution in [2.75, 3.05) is 0 Å².